The van der Waals surface area contributed by atoms with E-state index in [0.29, 0.717) is 30.5 Å². The third-order valence-electron chi connectivity index (χ3n) is 8.86. The highest BCUT2D eigenvalue weighted by molar-refractivity contribution is 7.08. The van der Waals surface area contributed by atoms with E-state index in [1.165, 1.54) is 11.1 Å². The molecular weight excluding hydrogens is 561 g/mol. The number of ether oxygens (including phenoxy) is 1. The summed E-state index contributed by atoms with van der Waals surface area (Å²) in [4.78, 5) is 31.4. The highest BCUT2D eigenvalue weighted by atomic mass is 32.1. The molecule has 2 aromatic heterocycles. The molecule has 4 heterocycles. The Hall–Kier alpha value is -3.49. The maximum atomic E-state index is 14.2. The number of aromatic nitrogens is 1. The molecule has 43 heavy (non-hydrogen) atoms. The van der Waals surface area contributed by atoms with E-state index >= 15 is 0 Å². The van der Waals surface area contributed by atoms with Crippen molar-refractivity contribution < 1.29 is 18.7 Å². The van der Waals surface area contributed by atoms with E-state index in [2.05, 4.69) is 21.7 Å². The van der Waals surface area contributed by atoms with Crippen LogP contribution in [0.4, 0.5) is 4.39 Å². The Morgan fingerprint density at radius 1 is 0.977 bits per heavy atom. The lowest BCUT2D eigenvalue weighted by molar-refractivity contribution is -0.155. The molecule has 0 unspecified atom stereocenters. The first-order chi connectivity index (χ1) is 20.6. The van der Waals surface area contributed by atoms with Crippen LogP contribution in [-0.2, 0) is 16.1 Å². The average Bonchev–Trinajstić information content (AvgIpc) is 3.73. The molecule has 6 rings (SSSR count). The zero-order valence-electron chi connectivity index (χ0n) is 25.2. The number of amides is 1. The highest BCUT2D eigenvalue weighted by Crippen LogP contribution is 2.37. The van der Waals surface area contributed by atoms with Crippen molar-refractivity contribution in [2.24, 2.45) is 5.92 Å². The Morgan fingerprint density at radius 3 is 2.44 bits per heavy atom. The van der Waals surface area contributed by atoms with Gasteiger partial charge in [0, 0.05) is 37.1 Å². The Kier molecular flexibility index (Phi) is 8.42. The number of benzene rings is 2. The summed E-state index contributed by atoms with van der Waals surface area (Å²) in [6.45, 7) is 9.94. The van der Waals surface area contributed by atoms with Crippen LogP contribution in [0.5, 0.6) is 0 Å². The van der Waals surface area contributed by atoms with Crippen LogP contribution < -0.4 is 0 Å². The summed E-state index contributed by atoms with van der Waals surface area (Å²) in [6.07, 6.45) is 3.98. The van der Waals surface area contributed by atoms with Crippen molar-refractivity contribution in [3.63, 3.8) is 0 Å². The number of carbonyl (C=O) groups is 2. The number of hydrogen-bond donors (Lipinski definition) is 0. The van der Waals surface area contributed by atoms with E-state index in [1.54, 1.807) is 23.5 Å². The number of rotatable bonds is 7. The van der Waals surface area contributed by atoms with Gasteiger partial charge in [0.2, 0.25) is 0 Å². The number of piperidine rings is 1. The van der Waals surface area contributed by atoms with Crippen LogP contribution in [-0.4, -0.2) is 64.6 Å². The molecule has 0 saturated carbocycles. The first kappa shape index (κ1) is 29.6. The van der Waals surface area contributed by atoms with Crippen molar-refractivity contribution in [2.75, 3.05) is 32.7 Å². The maximum absolute atomic E-state index is 14.2. The quantitative estimate of drug-likeness (QED) is 0.216. The average molecular weight is 602 g/mol. The predicted octanol–water partition coefficient (Wildman–Crippen LogP) is 6.92. The number of nitrogens with zero attached hydrogens (tertiary/aromatic N) is 3. The standard InChI is InChI=1S/C35H40FN3O3S/c1-35(2,3)42-32(40)22-38-17-13-26-5-4-6-30(33(26)38)34(41)39-20-28(31(21-39)27-14-18-43-23-27)19-37-15-11-25(12-16-37)24-7-9-29(36)10-8-24/h4-10,13-14,17-18,23,25,28,31H,11-12,15-16,19-22H2,1-3H3/t28-,31+/m1/s1. The third-order valence-corrected chi connectivity index (χ3v) is 9.56. The zero-order chi connectivity index (χ0) is 30.1. The fraction of sp³-hybridized carbons (Fsp3) is 0.429. The van der Waals surface area contributed by atoms with Crippen LogP contribution in [0, 0.1) is 11.7 Å². The van der Waals surface area contributed by atoms with Crippen molar-refractivity contribution in [3.8, 4) is 0 Å². The van der Waals surface area contributed by atoms with Gasteiger partial charge in [0.15, 0.2) is 0 Å². The molecule has 0 aliphatic carbocycles. The number of likely N-dealkylation sites (tertiary alicyclic amines) is 2. The number of thiophene rings is 1. The van der Waals surface area contributed by atoms with E-state index in [4.69, 9.17) is 4.74 Å². The van der Waals surface area contributed by atoms with Crippen molar-refractivity contribution in [3.05, 3.63) is 94.1 Å². The number of para-hydroxylation sites is 1. The fourth-order valence-electron chi connectivity index (χ4n) is 6.85. The predicted molar refractivity (Wildman–Crippen MR) is 169 cm³/mol. The van der Waals surface area contributed by atoms with Gasteiger partial charge in [-0.1, -0.05) is 24.3 Å². The van der Waals surface area contributed by atoms with E-state index < -0.39 is 5.60 Å². The topological polar surface area (TPSA) is 54.8 Å². The van der Waals surface area contributed by atoms with Crippen LogP contribution in [0.25, 0.3) is 10.9 Å². The van der Waals surface area contributed by atoms with Gasteiger partial charge in [-0.3, -0.25) is 9.59 Å². The Bertz CT molecular complexity index is 1570. The van der Waals surface area contributed by atoms with Crippen molar-refractivity contribution in [1.82, 2.24) is 14.4 Å². The van der Waals surface area contributed by atoms with Gasteiger partial charge >= 0.3 is 5.97 Å². The summed E-state index contributed by atoms with van der Waals surface area (Å²) in [5, 5.41) is 5.28. The highest BCUT2D eigenvalue weighted by Gasteiger charge is 2.38. The van der Waals surface area contributed by atoms with Crippen molar-refractivity contribution in [1.29, 1.82) is 0 Å². The molecule has 2 saturated heterocycles. The summed E-state index contributed by atoms with van der Waals surface area (Å²) >= 11 is 1.70. The summed E-state index contributed by atoms with van der Waals surface area (Å²) in [7, 11) is 0. The summed E-state index contributed by atoms with van der Waals surface area (Å²) < 4.78 is 20.8. The number of halogens is 1. The Morgan fingerprint density at radius 2 is 1.74 bits per heavy atom. The van der Waals surface area contributed by atoms with E-state index in [1.807, 2.05) is 72.8 Å². The molecule has 0 radical (unpaired) electrons. The number of carbonyl (C=O) groups excluding carboxylic acids is 2. The van der Waals surface area contributed by atoms with Crippen molar-refractivity contribution in [2.45, 2.75) is 57.6 Å². The van der Waals surface area contributed by atoms with Crippen LogP contribution in [0.15, 0.2) is 71.6 Å². The summed E-state index contributed by atoms with van der Waals surface area (Å²) in [6, 6.07) is 16.9. The van der Waals surface area contributed by atoms with Crippen LogP contribution in [0.3, 0.4) is 0 Å². The Balaban J connectivity index is 1.18. The normalized spacial score (nSPS) is 20.1. The largest absolute Gasteiger partial charge is 0.459 e. The van der Waals surface area contributed by atoms with Gasteiger partial charge in [-0.15, -0.1) is 0 Å². The van der Waals surface area contributed by atoms with E-state index in [-0.39, 0.29) is 30.2 Å². The molecule has 2 aliphatic heterocycles. The van der Waals surface area contributed by atoms with Crippen LogP contribution in [0.1, 0.15) is 66.9 Å². The molecule has 4 aromatic rings. The summed E-state index contributed by atoms with van der Waals surface area (Å²) in [5.74, 6) is 0.560. The van der Waals surface area contributed by atoms with Gasteiger partial charge < -0.3 is 19.1 Å². The Labute approximate surface area is 257 Å². The molecule has 0 N–H and O–H groups in total. The van der Waals surface area contributed by atoms with Gasteiger partial charge in [0.1, 0.15) is 18.0 Å². The van der Waals surface area contributed by atoms with Crippen LogP contribution in [0.2, 0.25) is 0 Å². The molecule has 2 aliphatic rings. The van der Waals surface area contributed by atoms with E-state index in [9.17, 15) is 14.0 Å². The first-order valence-corrected chi connectivity index (χ1v) is 16.2. The molecule has 0 bridgehead atoms. The molecule has 8 heteroatoms. The summed E-state index contributed by atoms with van der Waals surface area (Å²) in [5.41, 5.74) is 3.35. The molecule has 2 aromatic carbocycles. The molecule has 2 fully saturated rings. The number of esters is 1. The maximum Gasteiger partial charge on any atom is 0.326 e. The number of fused-ring (bicyclic) bond motifs is 1. The minimum atomic E-state index is -0.573. The van der Waals surface area contributed by atoms with Crippen molar-refractivity contribution >= 4 is 34.1 Å². The molecule has 0 spiro atoms. The molecule has 1 amide bonds. The minimum Gasteiger partial charge on any atom is -0.459 e. The second-order valence-corrected chi connectivity index (χ2v) is 13.8. The number of hydrogen-bond acceptors (Lipinski definition) is 5. The third kappa shape index (κ3) is 6.70. The molecule has 2 atom stereocenters. The molecular formula is C35H40FN3O3S. The zero-order valence-corrected chi connectivity index (χ0v) is 26.0. The lowest BCUT2D eigenvalue weighted by atomic mass is 9.87. The van der Waals surface area contributed by atoms with Gasteiger partial charge in [0.05, 0.1) is 11.1 Å². The van der Waals surface area contributed by atoms with Gasteiger partial charge in [0.25, 0.3) is 5.91 Å². The smallest absolute Gasteiger partial charge is 0.326 e. The monoisotopic (exact) mass is 601 g/mol. The molecule has 226 valence electrons. The molecule has 6 nitrogen and oxygen atoms in total. The lowest BCUT2D eigenvalue weighted by Gasteiger charge is -2.34. The SMILES string of the molecule is CC(C)(C)OC(=O)Cn1ccc2cccc(C(=O)N3C[C@@H](CN4CCC(c5ccc(F)cc5)CC4)[C@H](c4ccsc4)C3)c21. The van der Waals surface area contributed by atoms with Gasteiger partial charge in [-0.25, -0.2) is 4.39 Å². The first-order valence-electron chi connectivity index (χ1n) is 15.2. The van der Waals surface area contributed by atoms with E-state index in [0.717, 1.165) is 43.4 Å². The van der Waals surface area contributed by atoms with Crippen LogP contribution >= 0.6 is 11.3 Å². The lowest BCUT2D eigenvalue weighted by Crippen LogP contribution is -2.38. The second kappa shape index (κ2) is 12.2. The minimum absolute atomic E-state index is 0.00693. The second-order valence-electron chi connectivity index (χ2n) is 13.0. The fourth-order valence-corrected chi connectivity index (χ4v) is 7.57. The van der Waals surface area contributed by atoms with Gasteiger partial charge in [-0.05, 0) is 111 Å². The van der Waals surface area contributed by atoms with Gasteiger partial charge in [-0.2, -0.15) is 11.3 Å².